The molecule has 0 aliphatic carbocycles. The van der Waals surface area contributed by atoms with Gasteiger partial charge in [0.25, 0.3) is 0 Å². The van der Waals surface area contributed by atoms with Gasteiger partial charge in [0.2, 0.25) is 0 Å². The number of hydrogen-bond acceptors (Lipinski definition) is 3. The van der Waals surface area contributed by atoms with Gasteiger partial charge in [-0.25, -0.2) is 0 Å². The molecule has 1 aromatic carbocycles. The first-order chi connectivity index (χ1) is 9.72. The molecule has 1 aromatic rings. The number of hydrogen-bond donors (Lipinski definition) is 1. The van der Waals surface area contributed by atoms with Crippen molar-refractivity contribution in [3.63, 3.8) is 0 Å². The third kappa shape index (κ3) is 3.76. The predicted molar refractivity (Wildman–Crippen MR) is 85.1 cm³/mol. The van der Waals surface area contributed by atoms with Gasteiger partial charge in [0.15, 0.2) is 0 Å². The first-order valence-electron chi connectivity index (χ1n) is 7.56. The predicted octanol–water partition coefficient (Wildman–Crippen LogP) is 3.49. The van der Waals surface area contributed by atoms with E-state index in [1.165, 1.54) is 11.3 Å². The Morgan fingerprint density at radius 1 is 1.35 bits per heavy atom. The van der Waals surface area contributed by atoms with Crippen molar-refractivity contribution < 1.29 is 4.74 Å². The van der Waals surface area contributed by atoms with Gasteiger partial charge in [-0.1, -0.05) is 19.1 Å². The molecule has 3 nitrogen and oxygen atoms in total. The smallest absolute Gasteiger partial charge is 0.113 e. The van der Waals surface area contributed by atoms with E-state index in [0.29, 0.717) is 0 Å². The lowest BCUT2D eigenvalue weighted by Gasteiger charge is -2.26. The monoisotopic (exact) mass is 274 g/mol. The quantitative estimate of drug-likeness (QED) is 0.859. The van der Waals surface area contributed by atoms with E-state index >= 15 is 0 Å². The van der Waals surface area contributed by atoms with E-state index in [2.05, 4.69) is 61.6 Å². The zero-order valence-corrected chi connectivity index (χ0v) is 12.9. The Labute approximate surface area is 122 Å². The third-order valence-corrected chi connectivity index (χ3v) is 3.57. The molecular formula is C17H26N2O. The minimum absolute atomic E-state index is 0.176. The molecule has 110 valence electrons. The fraction of sp³-hybridized carbons (Fsp3) is 0.529. The Morgan fingerprint density at radius 3 is 2.85 bits per heavy atom. The molecule has 20 heavy (non-hydrogen) atoms. The maximum atomic E-state index is 5.88. The largest absolute Gasteiger partial charge is 0.496 e. The molecule has 1 aliphatic rings. The van der Waals surface area contributed by atoms with Crippen LogP contribution in [0, 0.1) is 0 Å². The van der Waals surface area contributed by atoms with Crippen LogP contribution in [0.5, 0.6) is 0 Å². The van der Waals surface area contributed by atoms with Gasteiger partial charge in [0, 0.05) is 19.8 Å². The Hall–Kier alpha value is -1.48. The molecule has 1 N–H and O–H groups in total. The van der Waals surface area contributed by atoms with Crippen LogP contribution in [0.3, 0.4) is 0 Å². The van der Waals surface area contributed by atoms with Crippen molar-refractivity contribution in [1.29, 1.82) is 0 Å². The number of anilines is 1. The molecule has 0 saturated heterocycles. The van der Waals surface area contributed by atoms with Gasteiger partial charge in [-0.3, -0.25) is 0 Å². The van der Waals surface area contributed by atoms with Crippen LogP contribution in [0.15, 0.2) is 36.1 Å². The van der Waals surface area contributed by atoms with E-state index in [9.17, 15) is 0 Å². The lowest BCUT2D eigenvalue weighted by molar-refractivity contribution is 0.167. The molecule has 1 atom stereocenters. The Kier molecular flexibility index (Phi) is 5.48. The van der Waals surface area contributed by atoms with Crippen molar-refractivity contribution in [2.45, 2.75) is 32.2 Å². The van der Waals surface area contributed by atoms with Gasteiger partial charge < -0.3 is 15.0 Å². The van der Waals surface area contributed by atoms with Gasteiger partial charge >= 0.3 is 0 Å². The minimum Gasteiger partial charge on any atom is -0.496 e. The van der Waals surface area contributed by atoms with Gasteiger partial charge in [-0.2, -0.15) is 0 Å². The highest BCUT2D eigenvalue weighted by atomic mass is 16.5. The fourth-order valence-corrected chi connectivity index (χ4v) is 2.43. The average Bonchev–Trinajstić information content (AvgIpc) is 2.49. The van der Waals surface area contributed by atoms with E-state index in [1.807, 2.05) is 0 Å². The van der Waals surface area contributed by atoms with Gasteiger partial charge in [-0.05, 0) is 49.6 Å². The van der Waals surface area contributed by atoms with E-state index in [0.717, 1.165) is 38.2 Å². The summed E-state index contributed by atoms with van der Waals surface area (Å²) in [6.07, 6.45) is 5.60. The van der Waals surface area contributed by atoms with E-state index in [1.54, 1.807) is 0 Å². The summed E-state index contributed by atoms with van der Waals surface area (Å²) in [5, 5.41) is 3.61. The van der Waals surface area contributed by atoms with Crippen LogP contribution < -0.4 is 10.2 Å². The van der Waals surface area contributed by atoms with Crippen LogP contribution in [0.2, 0.25) is 0 Å². The van der Waals surface area contributed by atoms with Crippen LogP contribution in [0.4, 0.5) is 5.69 Å². The standard InChI is InChI=1S/C17H26N2O/c1-4-11-18-17(16-10-5-6-12-20-16)14-8-7-9-15(13-14)19(2)3/h7-10,13,17-18H,4-6,11-12H2,1-3H3. The normalized spacial score (nSPS) is 16.2. The van der Waals surface area contributed by atoms with E-state index < -0.39 is 0 Å². The number of nitrogens with one attached hydrogen (secondary N) is 1. The highest BCUT2D eigenvalue weighted by Crippen LogP contribution is 2.28. The Balaban J connectivity index is 2.25. The molecule has 0 radical (unpaired) electrons. The molecule has 1 heterocycles. The molecule has 0 saturated carbocycles. The molecular weight excluding hydrogens is 248 g/mol. The summed E-state index contributed by atoms with van der Waals surface area (Å²) in [6, 6.07) is 8.85. The molecule has 1 aliphatic heterocycles. The first kappa shape index (κ1) is 14.9. The molecule has 1 unspecified atom stereocenters. The van der Waals surface area contributed by atoms with Crippen molar-refractivity contribution in [2.24, 2.45) is 0 Å². The lowest BCUT2D eigenvalue weighted by Crippen LogP contribution is -2.26. The summed E-state index contributed by atoms with van der Waals surface area (Å²) in [5.74, 6) is 1.08. The van der Waals surface area contributed by atoms with Crippen molar-refractivity contribution in [1.82, 2.24) is 5.32 Å². The zero-order valence-electron chi connectivity index (χ0n) is 12.9. The molecule has 0 amide bonds. The summed E-state index contributed by atoms with van der Waals surface area (Å²) >= 11 is 0. The highest BCUT2D eigenvalue weighted by molar-refractivity contribution is 5.48. The highest BCUT2D eigenvalue weighted by Gasteiger charge is 2.19. The molecule has 0 spiro atoms. The number of ether oxygens (including phenoxy) is 1. The number of allylic oxidation sites excluding steroid dienone is 1. The van der Waals surface area contributed by atoms with Crippen LogP contribution in [-0.2, 0) is 4.74 Å². The maximum Gasteiger partial charge on any atom is 0.113 e. The Bertz CT molecular complexity index is 454. The SMILES string of the molecule is CCCNC(C1=CCCCO1)c1cccc(N(C)C)c1. The summed E-state index contributed by atoms with van der Waals surface area (Å²) < 4.78 is 5.88. The van der Waals surface area contributed by atoms with Crippen molar-refractivity contribution in [3.8, 4) is 0 Å². The Morgan fingerprint density at radius 2 is 2.20 bits per heavy atom. The van der Waals surface area contributed by atoms with Gasteiger partial charge in [-0.15, -0.1) is 0 Å². The number of nitrogens with zero attached hydrogens (tertiary/aromatic N) is 1. The molecule has 2 rings (SSSR count). The van der Waals surface area contributed by atoms with Crippen molar-refractivity contribution >= 4 is 5.69 Å². The molecule has 0 fully saturated rings. The van der Waals surface area contributed by atoms with Crippen molar-refractivity contribution in [3.05, 3.63) is 41.7 Å². The topological polar surface area (TPSA) is 24.5 Å². The molecule has 3 heteroatoms. The molecule has 0 aromatic heterocycles. The van der Waals surface area contributed by atoms with Crippen LogP contribution in [0.1, 0.15) is 37.8 Å². The van der Waals surface area contributed by atoms with E-state index in [4.69, 9.17) is 4.74 Å². The fourth-order valence-electron chi connectivity index (χ4n) is 2.43. The van der Waals surface area contributed by atoms with Crippen molar-refractivity contribution in [2.75, 3.05) is 32.1 Å². The number of benzene rings is 1. The first-order valence-corrected chi connectivity index (χ1v) is 7.56. The van der Waals surface area contributed by atoms with E-state index in [-0.39, 0.29) is 6.04 Å². The average molecular weight is 274 g/mol. The van der Waals surface area contributed by atoms with Crippen LogP contribution >= 0.6 is 0 Å². The summed E-state index contributed by atoms with van der Waals surface area (Å²) in [7, 11) is 4.15. The number of rotatable bonds is 6. The summed E-state index contributed by atoms with van der Waals surface area (Å²) in [5.41, 5.74) is 2.50. The molecule has 0 bridgehead atoms. The summed E-state index contributed by atoms with van der Waals surface area (Å²) in [6.45, 7) is 4.03. The second kappa shape index (κ2) is 7.34. The zero-order chi connectivity index (χ0) is 14.4. The van der Waals surface area contributed by atoms with Gasteiger partial charge in [0.05, 0.1) is 12.6 Å². The van der Waals surface area contributed by atoms with Gasteiger partial charge in [0.1, 0.15) is 5.76 Å². The second-order valence-corrected chi connectivity index (χ2v) is 5.47. The third-order valence-electron chi connectivity index (χ3n) is 3.57. The summed E-state index contributed by atoms with van der Waals surface area (Å²) in [4.78, 5) is 2.14. The second-order valence-electron chi connectivity index (χ2n) is 5.47. The van der Waals surface area contributed by atoms with Crippen LogP contribution in [-0.4, -0.2) is 27.2 Å². The maximum absolute atomic E-state index is 5.88. The van der Waals surface area contributed by atoms with Crippen LogP contribution in [0.25, 0.3) is 0 Å². The minimum atomic E-state index is 0.176. The lowest BCUT2D eigenvalue weighted by atomic mass is 10.0.